The minimum absolute atomic E-state index is 0.0471. The summed E-state index contributed by atoms with van der Waals surface area (Å²) in [7, 11) is 0. The van der Waals surface area contributed by atoms with Gasteiger partial charge in [0.15, 0.2) is 0 Å². The summed E-state index contributed by atoms with van der Waals surface area (Å²) in [5.41, 5.74) is 0.349. The van der Waals surface area contributed by atoms with E-state index in [2.05, 4.69) is 0 Å². The molecule has 1 N–H and O–H groups in total. The van der Waals surface area contributed by atoms with Gasteiger partial charge in [0.05, 0.1) is 10.6 Å². The number of rotatable bonds is 2. The molecule has 1 atom stereocenters. The third-order valence-electron chi connectivity index (χ3n) is 2.97. The van der Waals surface area contributed by atoms with E-state index in [1.807, 2.05) is 0 Å². The SMILES string of the molecule is O=C(c1cc(O)ccc1Cl)N1CCC(CCl)C1. The average Bonchev–Trinajstić information content (AvgIpc) is 2.80. The van der Waals surface area contributed by atoms with Gasteiger partial charge in [0.25, 0.3) is 5.91 Å². The molecule has 92 valence electrons. The predicted molar refractivity (Wildman–Crippen MR) is 67.8 cm³/mol. The lowest BCUT2D eigenvalue weighted by atomic mass is 10.1. The van der Waals surface area contributed by atoms with Gasteiger partial charge in [0, 0.05) is 19.0 Å². The van der Waals surface area contributed by atoms with E-state index in [1.54, 1.807) is 4.90 Å². The van der Waals surface area contributed by atoms with Crippen molar-refractivity contribution in [2.45, 2.75) is 6.42 Å². The van der Waals surface area contributed by atoms with E-state index in [0.717, 1.165) is 6.42 Å². The number of carbonyl (C=O) groups is 1. The molecule has 0 spiro atoms. The number of halogens is 2. The van der Waals surface area contributed by atoms with Crippen molar-refractivity contribution in [2.75, 3.05) is 19.0 Å². The molecule has 1 heterocycles. The summed E-state index contributed by atoms with van der Waals surface area (Å²) >= 11 is 11.7. The molecule has 1 aliphatic heterocycles. The van der Waals surface area contributed by atoms with E-state index in [4.69, 9.17) is 23.2 Å². The van der Waals surface area contributed by atoms with Crippen molar-refractivity contribution < 1.29 is 9.90 Å². The first-order chi connectivity index (χ1) is 8.11. The maximum absolute atomic E-state index is 12.2. The molecule has 1 aromatic rings. The normalized spacial score (nSPS) is 19.6. The van der Waals surface area contributed by atoms with Crippen LogP contribution in [0, 0.1) is 5.92 Å². The fourth-order valence-electron chi connectivity index (χ4n) is 1.99. The smallest absolute Gasteiger partial charge is 0.255 e. The number of phenolic OH excluding ortho intramolecular Hbond substituents is 1. The first-order valence-electron chi connectivity index (χ1n) is 5.45. The van der Waals surface area contributed by atoms with Crippen LogP contribution in [0.25, 0.3) is 0 Å². The Morgan fingerprint density at radius 2 is 2.29 bits per heavy atom. The van der Waals surface area contributed by atoms with Gasteiger partial charge in [-0.15, -0.1) is 11.6 Å². The van der Waals surface area contributed by atoms with E-state index >= 15 is 0 Å². The second kappa shape index (κ2) is 5.15. The second-order valence-corrected chi connectivity index (χ2v) is 4.94. The molecule has 0 aromatic heterocycles. The van der Waals surface area contributed by atoms with Crippen LogP contribution in [-0.2, 0) is 0 Å². The van der Waals surface area contributed by atoms with Crippen LogP contribution in [0.4, 0.5) is 0 Å². The number of hydrogen-bond acceptors (Lipinski definition) is 2. The zero-order chi connectivity index (χ0) is 12.4. The van der Waals surface area contributed by atoms with Gasteiger partial charge in [0.1, 0.15) is 5.75 Å². The first kappa shape index (κ1) is 12.5. The molecule has 1 saturated heterocycles. The van der Waals surface area contributed by atoms with Crippen molar-refractivity contribution in [3.63, 3.8) is 0 Å². The van der Waals surface area contributed by atoms with E-state index in [0.29, 0.717) is 35.5 Å². The third kappa shape index (κ3) is 2.67. The molecule has 1 fully saturated rings. The minimum Gasteiger partial charge on any atom is -0.508 e. The molecule has 0 saturated carbocycles. The molecule has 1 unspecified atom stereocenters. The Kier molecular flexibility index (Phi) is 3.79. The van der Waals surface area contributed by atoms with Gasteiger partial charge in [-0.05, 0) is 30.5 Å². The second-order valence-electron chi connectivity index (χ2n) is 4.22. The summed E-state index contributed by atoms with van der Waals surface area (Å²) in [5.74, 6) is 0.832. The third-order valence-corrected chi connectivity index (χ3v) is 3.74. The zero-order valence-electron chi connectivity index (χ0n) is 9.20. The number of hydrogen-bond donors (Lipinski definition) is 1. The molecule has 17 heavy (non-hydrogen) atoms. The molecule has 5 heteroatoms. The Morgan fingerprint density at radius 1 is 1.53 bits per heavy atom. The van der Waals surface area contributed by atoms with Gasteiger partial charge in [-0.2, -0.15) is 0 Å². The molecular weight excluding hydrogens is 261 g/mol. The number of nitrogens with zero attached hydrogens (tertiary/aromatic N) is 1. The van der Waals surface area contributed by atoms with Crippen molar-refractivity contribution in [3.8, 4) is 5.75 Å². The first-order valence-corrected chi connectivity index (χ1v) is 6.37. The Labute approximate surface area is 110 Å². The van der Waals surface area contributed by atoms with Crippen LogP contribution in [0.3, 0.4) is 0 Å². The number of alkyl halides is 1. The van der Waals surface area contributed by atoms with Crippen LogP contribution in [0.5, 0.6) is 5.75 Å². The van der Waals surface area contributed by atoms with E-state index < -0.39 is 0 Å². The maximum atomic E-state index is 12.2. The predicted octanol–water partition coefficient (Wildman–Crippen LogP) is 2.75. The summed E-state index contributed by atoms with van der Waals surface area (Å²) in [6, 6.07) is 4.39. The fraction of sp³-hybridized carbons (Fsp3) is 0.417. The van der Waals surface area contributed by atoms with Gasteiger partial charge >= 0.3 is 0 Å². The fourth-order valence-corrected chi connectivity index (χ4v) is 2.44. The molecule has 2 rings (SSSR count). The number of amides is 1. The molecular formula is C12H13Cl2NO2. The van der Waals surface area contributed by atoms with Gasteiger partial charge in [-0.1, -0.05) is 11.6 Å². The lowest BCUT2D eigenvalue weighted by Crippen LogP contribution is -2.29. The monoisotopic (exact) mass is 273 g/mol. The van der Waals surface area contributed by atoms with Gasteiger partial charge in [-0.25, -0.2) is 0 Å². The highest BCUT2D eigenvalue weighted by atomic mass is 35.5. The Morgan fingerprint density at radius 3 is 2.94 bits per heavy atom. The van der Waals surface area contributed by atoms with Gasteiger partial charge in [0.2, 0.25) is 0 Å². The molecule has 0 radical (unpaired) electrons. The number of carbonyl (C=O) groups excluding carboxylic acids is 1. The van der Waals surface area contributed by atoms with Crippen molar-refractivity contribution in [1.82, 2.24) is 4.90 Å². The number of benzene rings is 1. The van der Waals surface area contributed by atoms with Gasteiger partial charge < -0.3 is 10.0 Å². The van der Waals surface area contributed by atoms with E-state index in [1.165, 1.54) is 18.2 Å². The van der Waals surface area contributed by atoms with Crippen LogP contribution in [0.15, 0.2) is 18.2 Å². The molecule has 1 amide bonds. The lowest BCUT2D eigenvalue weighted by Gasteiger charge is -2.17. The number of likely N-dealkylation sites (tertiary alicyclic amines) is 1. The van der Waals surface area contributed by atoms with Crippen LogP contribution < -0.4 is 0 Å². The molecule has 3 nitrogen and oxygen atoms in total. The summed E-state index contributed by atoms with van der Waals surface area (Å²) in [6.45, 7) is 1.36. The molecule has 0 bridgehead atoms. The Balaban J connectivity index is 2.17. The van der Waals surface area contributed by atoms with Gasteiger partial charge in [-0.3, -0.25) is 4.79 Å². The zero-order valence-corrected chi connectivity index (χ0v) is 10.7. The van der Waals surface area contributed by atoms with E-state index in [9.17, 15) is 9.90 Å². The summed E-state index contributed by atoms with van der Waals surface area (Å²) in [5, 5.41) is 9.74. The Hall–Kier alpha value is -0.930. The summed E-state index contributed by atoms with van der Waals surface area (Å²) in [4.78, 5) is 13.9. The van der Waals surface area contributed by atoms with Crippen molar-refractivity contribution >= 4 is 29.1 Å². The van der Waals surface area contributed by atoms with Crippen LogP contribution in [0.1, 0.15) is 16.8 Å². The average molecular weight is 274 g/mol. The molecule has 1 aromatic carbocycles. The quantitative estimate of drug-likeness (QED) is 0.842. The summed E-state index contributed by atoms with van der Waals surface area (Å²) < 4.78 is 0. The largest absolute Gasteiger partial charge is 0.508 e. The minimum atomic E-state index is -0.140. The molecule has 0 aliphatic carbocycles. The number of aromatic hydroxyl groups is 1. The number of phenols is 1. The Bertz CT molecular complexity index is 437. The lowest BCUT2D eigenvalue weighted by molar-refractivity contribution is 0.0788. The van der Waals surface area contributed by atoms with Crippen LogP contribution in [0.2, 0.25) is 5.02 Å². The van der Waals surface area contributed by atoms with Crippen molar-refractivity contribution in [3.05, 3.63) is 28.8 Å². The van der Waals surface area contributed by atoms with Crippen LogP contribution >= 0.6 is 23.2 Å². The van der Waals surface area contributed by atoms with Crippen molar-refractivity contribution in [1.29, 1.82) is 0 Å². The van der Waals surface area contributed by atoms with E-state index in [-0.39, 0.29) is 11.7 Å². The standard InChI is InChI=1S/C12H13Cl2NO2/c13-6-8-3-4-15(7-8)12(17)10-5-9(16)1-2-11(10)14/h1-2,5,8,16H,3-4,6-7H2. The highest BCUT2D eigenvalue weighted by molar-refractivity contribution is 6.33. The highest BCUT2D eigenvalue weighted by Gasteiger charge is 2.27. The summed E-state index contributed by atoms with van der Waals surface area (Å²) in [6.07, 6.45) is 0.922. The van der Waals surface area contributed by atoms with Crippen molar-refractivity contribution in [2.24, 2.45) is 5.92 Å². The molecule has 1 aliphatic rings. The topological polar surface area (TPSA) is 40.5 Å². The highest BCUT2D eigenvalue weighted by Crippen LogP contribution is 2.25. The maximum Gasteiger partial charge on any atom is 0.255 e. The van der Waals surface area contributed by atoms with Crippen LogP contribution in [-0.4, -0.2) is 34.9 Å².